The van der Waals surface area contributed by atoms with Crippen molar-refractivity contribution in [3.05, 3.63) is 41.7 Å². The second-order valence-corrected chi connectivity index (χ2v) is 3.82. The molecule has 0 amide bonds. The molecule has 0 aliphatic carbocycles. The van der Waals surface area contributed by atoms with Crippen LogP contribution >= 0.6 is 0 Å². The summed E-state index contributed by atoms with van der Waals surface area (Å²) in [6, 6.07) is 3.33. The van der Waals surface area contributed by atoms with E-state index in [-0.39, 0.29) is 0 Å². The Hall–Kier alpha value is -2.37. The molecule has 1 N–H and O–H groups in total. The van der Waals surface area contributed by atoms with Crippen molar-refractivity contribution in [2.75, 3.05) is 12.4 Å². The van der Waals surface area contributed by atoms with Gasteiger partial charge in [0.25, 0.3) is 0 Å². The molecule has 2 rings (SSSR count). The van der Waals surface area contributed by atoms with Crippen molar-refractivity contribution >= 4 is 11.8 Å². The Kier molecular flexibility index (Phi) is 4.12. The van der Waals surface area contributed by atoms with Crippen LogP contribution in [0, 0.1) is 0 Å². The fourth-order valence-corrected chi connectivity index (χ4v) is 1.57. The molecule has 2 aromatic rings. The highest BCUT2D eigenvalue weighted by molar-refractivity contribution is 5.94. The Balaban J connectivity index is 2.08. The highest BCUT2D eigenvalue weighted by Crippen LogP contribution is 2.14. The number of nitrogens with zero attached hydrogens (tertiary/aromatic N) is 2. The molecule has 0 radical (unpaired) electrons. The lowest BCUT2D eigenvalue weighted by atomic mass is 10.2. The lowest BCUT2D eigenvalue weighted by molar-refractivity contribution is 0.0601. The van der Waals surface area contributed by atoms with Gasteiger partial charge in [0.15, 0.2) is 0 Å². The molecule has 0 unspecified atom stereocenters. The number of hydrogen-bond acceptors (Lipinski definition) is 6. The van der Waals surface area contributed by atoms with Crippen molar-refractivity contribution in [2.24, 2.45) is 0 Å². The molecule has 100 valence electrons. The molecular weight excluding hydrogens is 246 g/mol. The van der Waals surface area contributed by atoms with E-state index in [4.69, 9.17) is 9.15 Å². The number of carbonyl (C=O) groups is 1. The third kappa shape index (κ3) is 3.09. The quantitative estimate of drug-likeness (QED) is 0.830. The van der Waals surface area contributed by atoms with Crippen LogP contribution in [0.5, 0.6) is 0 Å². The number of rotatable bonds is 5. The summed E-state index contributed by atoms with van der Waals surface area (Å²) in [7, 11) is 1.33. The number of aryl methyl sites for hydroxylation is 1. The third-order valence-electron chi connectivity index (χ3n) is 2.57. The third-order valence-corrected chi connectivity index (χ3v) is 2.57. The van der Waals surface area contributed by atoms with Crippen LogP contribution in [0.4, 0.5) is 5.82 Å². The zero-order chi connectivity index (χ0) is 13.7. The molecule has 0 saturated heterocycles. The smallest absolute Gasteiger partial charge is 0.341 e. The molecule has 0 aliphatic heterocycles. The highest BCUT2D eigenvalue weighted by atomic mass is 16.5. The predicted octanol–water partition coefficient (Wildman–Crippen LogP) is 2.03. The van der Waals surface area contributed by atoms with Crippen LogP contribution in [0.2, 0.25) is 0 Å². The van der Waals surface area contributed by atoms with Gasteiger partial charge in [-0.2, -0.15) is 0 Å². The molecular formula is C13H15N3O3. The standard InChI is InChI=1S/C13H15N3O3/c1-3-9-7-15-11(19-9)8-16-12-10(13(17)18-2)5-4-6-14-12/h4-7H,3,8H2,1-2H3,(H,14,16). The van der Waals surface area contributed by atoms with Gasteiger partial charge in [-0.15, -0.1) is 0 Å². The van der Waals surface area contributed by atoms with Crippen molar-refractivity contribution in [1.29, 1.82) is 0 Å². The summed E-state index contributed by atoms with van der Waals surface area (Å²) in [5.74, 6) is 1.40. The van der Waals surface area contributed by atoms with Gasteiger partial charge in [0.2, 0.25) is 5.89 Å². The number of nitrogens with one attached hydrogen (secondary N) is 1. The van der Waals surface area contributed by atoms with Crippen LogP contribution in [0.3, 0.4) is 0 Å². The van der Waals surface area contributed by atoms with Crippen molar-refractivity contribution in [2.45, 2.75) is 19.9 Å². The monoisotopic (exact) mass is 261 g/mol. The second-order valence-electron chi connectivity index (χ2n) is 3.82. The average Bonchev–Trinajstić information content (AvgIpc) is 2.92. The largest absolute Gasteiger partial charge is 0.465 e. The summed E-state index contributed by atoms with van der Waals surface area (Å²) in [5.41, 5.74) is 0.382. The van der Waals surface area contributed by atoms with Gasteiger partial charge in [-0.25, -0.2) is 14.8 Å². The summed E-state index contributed by atoms with van der Waals surface area (Å²) in [6.07, 6.45) is 4.09. The van der Waals surface area contributed by atoms with Crippen LogP contribution in [0.1, 0.15) is 28.9 Å². The molecule has 2 aromatic heterocycles. The fourth-order valence-electron chi connectivity index (χ4n) is 1.57. The van der Waals surface area contributed by atoms with E-state index in [1.807, 2.05) is 6.92 Å². The maximum Gasteiger partial charge on any atom is 0.341 e. The van der Waals surface area contributed by atoms with Gasteiger partial charge in [0, 0.05) is 12.6 Å². The first-order valence-electron chi connectivity index (χ1n) is 5.95. The number of methoxy groups -OCH3 is 1. The normalized spacial score (nSPS) is 10.2. The Morgan fingerprint density at radius 3 is 3.00 bits per heavy atom. The van der Waals surface area contributed by atoms with Crippen LogP contribution < -0.4 is 5.32 Å². The molecule has 0 bridgehead atoms. The van der Waals surface area contributed by atoms with Crippen molar-refractivity contribution in [3.8, 4) is 0 Å². The van der Waals surface area contributed by atoms with Crippen molar-refractivity contribution in [1.82, 2.24) is 9.97 Å². The summed E-state index contributed by atoms with van der Waals surface area (Å²) in [4.78, 5) is 19.8. The summed E-state index contributed by atoms with van der Waals surface area (Å²) >= 11 is 0. The first-order valence-corrected chi connectivity index (χ1v) is 5.95. The topological polar surface area (TPSA) is 77.2 Å². The number of ether oxygens (including phenoxy) is 1. The average molecular weight is 261 g/mol. The van der Waals surface area contributed by atoms with Crippen LogP contribution in [0.25, 0.3) is 0 Å². The number of hydrogen-bond donors (Lipinski definition) is 1. The lowest BCUT2D eigenvalue weighted by Gasteiger charge is -2.07. The van der Waals surface area contributed by atoms with Crippen molar-refractivity contribution in [3.63, 3.8) is 0 Å². The van der Waals surface area contributed by atoms with Gasteiger partial charge in [0.05, 0.1) is 19.9 Å². The summed E-state index contributed by atoms with van der Waals surface area (Å²) < 4.78 is 10.2. The van der Waals surface area contributed by atoms with E-state index in [2.05, 4.69) is 15.3 Å². The number of anilines is 1. The van der Waals surface area contributed by atoms with Crippen LogP contribution in [-0.4, -0.2) is 23.0 Å². The van der Waals surface area contributed by atoms with Gasteiger partial charge < -0.3 is 14.5 Å². The van der Waals surface area contributed by atoms with Crippen molar-refractivity contribution < 1.29 is 13.9 Å². The highest BCUT2D eigenvalue weighted by Gasteiger charge is 2.12. The number of esters is 1. The lowest BCUT2D eigenvalue weighted by Crippen LogP contribution is -2.09. The zero-order valence-electron chi connectivity index (χ0n) is 10.8. The Labute approximate surface area is 110 Å². The number of aromatic nitrogens is 2. The van der Waals surface area contributed by atoms with Crippen LogP contribution in [-0.2, 0) is 17.7 Å². The van der Waals surface area contributed by atoms with Gasteiger partial charge in [-0.3, -0.25) is 0 Å². The molecule has 6 nitrogen and oxygen atoms in total. The molecule has 0 fully saturated rings. The second kappa shape index (κ2) is 5.99. The van der Waals surface area contributed by atoms with Crippen LogP contribution in [0.15, 0.2) is 28.9 Å². The Bertz CT molecular complexity index is 566. The Morgan fingerprint density at radius 2 is 2.32 bits per heavy atom. The number of pyridine rings is 1. The minimum Gasteiger partial charge on any atom is -0.465 e. The molecule has 6 heteroatoms. The fraction of sp³-hybridized carbons (Fsp3) is 0.308. The van der Waals surface area contributed by atoms with E-state index in [9.17, 15) is 4.79 Å². The van der Waals surface area contributed by atoms with E-state index < -0.39 is 5.97 Å². The molecule has 0 aliphatic rings. The first-order chi connectivity index (χ1) is 9.24. The Morgan fingerprint density at radius 1 is 1.47 bits per heavy atom. The molecule has 0 saturated carbocycles. The number of oxazole rings is 1. The summed E-state index contributed by atoms with van der Waals surface area (Å²) in [5, 5.41) is 3.01. The van der Waals surface area contributed by atoms with E-state index in [1.54, 1.807) is 24.5 Å². The molecule has 2 heterocycles. The maximum absolute atomic E-state index is 11.6. The molecule has 0 aromatic carbocycles. The first kappa shape index (κ1) is 13.1. The minimum atomic E-state index is -0.433. The SMILES string of the molecule is CCc1cnc(CNc2ncccc2C(=O)OC)o1. The van der Waals surface area contributed by atoms with E-state index in [1.165, 1.54) is 7.11 Å². The molecule has 19 heavy (non-hydrogen) atoms. The van der Waals surface area contributed by atoms with Gasteiger partial charge in [-0.05, 0) is 12.1 Å². The van der Waals surface area contributed by atoms with E-state index >= 15 is 0 Å². The number of carbonyl (C=O) groups excluding carboxylic acids is 1. The summed E-state index contributed by atoms with van der Waals surface area (Å²) in [6.45, 7) is 2.35. The minimum absolute atomic E-state index is 0.362. The predicted molar refractivity (Wildman–Crippen MR) is 68.8 cm³/mol. The van der Waals surface area contributed by atoms with Gasteiger partial charge in [-0.1, -0.05) is 6.92 Å². The van der Waals surface area contributed by atoms with E-state index in [0.29, 0.717) is 23.8 Å². The zero-order valence-corrected chi connectivity index (χ0v) is 10.8. The van der Waals surface area contributed by atoms with Gasteiger partial charge >= 0.3 is 5.97 Å². The maximum atomic E-state index is 11.6. The molecule has 0 atom stereocenters. The van der Waals surface area contributed by atoms with E-state index in [0.717, 1.165) is 12.2 Å². The van der Waals surface area contributed by atoms with Gasteiger partial charge in [0.1, 0.15) is 17.1 Å². The molecule has 0 spiro atoms.